The molecule has 2 N–H and O–H groups in total. The van der Waals surface area contributed by atoms with E-state index in [1.807, 2.05) is 36.2 Å². The normalized spacial score (nSPS) is 11.3. The fourth-order valence-electron chi connectivity index (χ4n) is 5.18. The summed E-state index contributed by atoms with van der Waals surface area (Å²) in [5.41, 5.74) is 1.45. The van der Waals surface area contributed by atoms with Crippen molar-refractivity contribution in [1.29, 1.82) is 0 Å². The van der Waals surface area contributed by atoms with Crippen LogP contribution in [0.2, 0.25) is 0 Å². The number of halogens is 4. The molecule has 3 rings (SSSR count). The molecule has 0 saturated carbocycles. The molecule has 0 aliphatic heterocycles. The van der Waals surface area contributed by atoms with Crippen LogP contribution in [-0.2, 0) is 17.5 Å². The summed E-state index contributed by atoms with van der Waals surface area (Å²) >= 11 is 1.94. The van der Waals surface area contributed by atoms with Gasteiger partial charge in [0.1, 0.15) is 25.4 Å². The Hall–Kier alpha value is -3.41. The molecule has 11 heteroatoms. The predicted octanol–water partition coefficient (Wildman–Crippen LogP) is 9.20. The Bertz CT molecular complexity index is 1350. The molecule has 0 saturated heterocycles. The number of quaternary nitrogens is 1. The summed E-state index contributed by atoms with van der Waals surface area (Å²) in [5.74, 6) is -0.248. The zero-order valence-corrected chi connectivity index (χ0v) is 29.0. The van der Waals surface area contributed by atoms with Crippen molar-refractivity contribution in [3.63, 3.8) is 0 Å². The van der Waals surface area contributed by atoms with Gasteiger partial charge in [0.2, 0.25) is 0 Å². The Kier molecular flexibility index (Phi) is 17.6. The number of likely N-dealkylation sites (N-methyl/N-ethyl adjacent to an activating group) is 1. The lowest BCUT2D eigenvalue weighted by molar-refractivity contribution is -0.937. The summed E-state index contributed by atoms with van der Waals surface area (Å²) < 4.78 is 57.7. The standard InChI is InChI=1S/C36H45F3N2O4.BrHO/c1-4-7-8-9-10-13-25-44-33-15-12-11-14-32(33)34(42)40-31-22-18-29(19-23-31)35(43)45-26-24-41(5-2,6-3)27-28-16-20-30(21-17-28)36(37,38)39;1-2/h11-12,14-23H,4-10,13,24-27H2,1-3H3;2H/p+1. The number of amides is 1. The molecule has 7 nitrogen and oxygen atoms in total. The van der Waals surface area contributed by atoms with Crippen molar-refractivity contribution in [2.75, 3.05) is 38.2 Å². The van der Waals surface area contributed by atoms with Gasteiger partial charge in [-0.25, -0.2) is 4.79 Å². The summed E-state index contributed by atoms with van der Waals surface area (Å²) in [7, 11) is 0. The maximum Gasteiger partial charge on any atom is 0.416 e. The fourth-order valence-corrected chi connectivity index (χ4v) is 5.18. The summed E-state index contributed by atoms with van der Waals surface area (Å²) in [5, 5.41) is 2.87. The van der Waals surface area contributed by atoms with Crippen LogP contribution in [0.4, 0.5) is 18.9 Å². The van der Waals surface area contributed by atoms with Gasteiger partial charge in [0.15, 0.2) is 0 Å². The van der Waals surface area contributed by atoms with Gasteiger partial charge >= 0.3 is 12.1 Å². The summed E-state index contributed by atoms with van der Waals surface area (Å²) in [6, 6.07) is 18.9. The molecule has 0 aliphatic rings. The van der Waals surface area contributed by atoms with Gasteiger partial charge in [-0.15, -0.1) is 0 Å². The lowest BCUT2D eigenvalue weighted by Gasteiger charge is -2.36. The van der Waals surface area contributed by atoms with Gasteiger partial charge in [-0.1, -0.05) is 63.3 Å². The van der Waals surface area contributed by atoms with Crippen molar-refractivity contribution in [1.82, 2.24) is 0 Å². The minimum atomic E-state index is -4.37. The van der Waals surface area contributed by atoms with E-state index in [-0.39, 0.29) is 12.5 Å². The molecule has 1 amide bonds. The van der Waals surface area contributed by atoms with Crippen LogP contribution >= 0.6 is 16.3 Å². The zero-order valence-electron chi connectivity index (χ0n) is 27.5. The number of para-hydroxylation sites is 1. The van der Waals surface area contributed by atoms with Crippen LogP contribution in [0.3, 0.4) is 0 Å². The first kappa shape index (κ1) is 39.8. The predicted molar refractivity (Wildman–Crippen MR) is 182 cm³/mol. The number of carbonyl (C=O) groups excluding carboxylic acids is 2. The van der Waals surface area contributed by atoms with Crippen molar-refractivity contribution in [2.24, 2.45) is 0 Å². The molecular formula is C36H47BrF3N2O5+. The van der Waals surface area contributed by atoms with Crippen LogP contribution in [0.25, 0.3) is 0 Å². The average molecular weight is 725 g/mol. The average Bonchev–Trinajstić information content (AvgIpc) is 3.08. The van der Waals surface area contributed by atoms with Crippen LogP contribution in [-0.4, -0.2) is 53.4 Å². The highest BCUT2D eigenvalue weighted by molar-refractivity contribution is 9.05. The van der Waals surface area contributed by atoms with E-state index >= 15 is 0 Å². The lowest BCUT2D eigenvalue weighted by atomic mass is 10.1. The fraction of sp³-hybridized carbons (Fsp3) is 0.444. The Balaban J connectivity index is 0.00000376. The Morgan fingerprint density at radius 1 is 0.809 bits per heavy atom. The number of hydrogen-bond acceptors (Lipinski definition) is 5. The van der Waals surface area contributed by atoms with Crippen molar-refractivity contribution >= 4 is 33.8 Å². The first-order valence-corrected chi connectivity index (χ1v) is 16.8. The molecule has 0 aliphatic carbocycles. The molecule has 0 unspecified atom stereocenters. The minimum absolute atomic E-state index is 0.162. The number of rotatable bonds is 18. The number of ether oxygens (including phenoxy) is 2. The number of benzene rings is 3. The van der Waals surface area contributed by atoms with E-state index in [1.165, 1.54) is 37.8 Å². The molecule has 0 bridgehead atoms. The summed E-state index contributed by atoms with van der Waals surface area (Å²) in [6.07, 6.45) is 2.55. The van der Waals surface area contributed by atoms with Gasteiger partial charge in [-0.05, 0) is 68.8 Å². The van der Waals surface area contributed by atoms with E-state index < -0.39 is 17.7 Å². The number of unbranched alkanes of at least 4 members (excludes halogenated alkanes) is 5. The van der Waals surface area contributed by atoms with Gasteiger partial charge in [-0.3, -0.25) is 4.79 Å². The van der Waals surface area contributed by atoms with Gasteiger partial charge in [-0.2, -0.15) is 13.2 Å². The van der Waals surface area contributed by atoms with Gasteiger partial charge in [0.05, 0.1) is 52.6 Å². The second kappa shape index (κ2) is 20.7. The molecule has 3 aromatic rings. The summed E-state index contributed by atoms with van der Waals surface area (Å²) in [6.45, 7) is 9.46. The number of hydrogen-bond donors (Lipinski definition) is 2. The smallest absolute Gasteiger partial charge is 0.416 e. The molecule has 3 aromatic carbocycles. The Labute approximate surface area is 285 Å². The third-order valence-corrected chi connectivity index (χ3v) is 8.21. The number of nitrogens with one attached hydrogen (secondary N) is 1. The van der Waals surface area contributed by atoms with Crippen LogP contribution in [0.5, 0.6) is 5.75 Å². The van der Waals surface area contributed by atoms with E-state index in [0.29, 0.717) is 46.7 Å². The first-order chi connectivity index (χ1) is 22.6. The van der Waals surface area contributed by atoms with Crippen LogP contribution in [0, 0.1) is 0 Å². The Morgan fingerprint density at radius 2 is 1.43 bits per heavy atom. The highest BCUT2D eigenvalue weighted by Gasteiger charge is 2.31. The maximum atomic E-state index is 13.0. The monoisotopic (exact) mass is 723 g/mol. The van der Waals surface area contributed by atoms with Gasteiger partial charge in [0.25, 0.3) is 5.91 Å². The molecular weight excluding hydrogens is 677 g/mol. The highest BCUT2D eigenvalue weighted by atomic mass is 79.9. The largest absolute Gasteiger partial charge is 0.493 e. The van der Waals surface area contributed by atoms with Crippen molar-refractivity contribution in [3.8, 4) is 5.75 Å². The molecule has 0 radical (unpaired) electrons. The zero-order chi connectivity index (χ0) is 34.7. The Morgan fingerprint density at radius 3 is 2.04 bits per heavy atom. The molecule has 0 fully saturated rings. The second-order valence-corrected chi connectivity index (χ2v) is 11.3. The SMILES string of the molecule is CCCCCCCCOc1ccccc1C(=O)Nc1ccc(C(=O)OCC[N+](CC)(CC)Cc2ccc(C(F)(F)F)cc2)cc1.OBr. The minimum Gasteiger partial charge on any atom is -0.493 e. The van der Waals surface area contributed by atoms with Crippen LogP contribution in [0.15, 0.2) is 72.8 Å². The first-order valence-electron chi connectivity index (χ1n) is 16.1. The summed E-state index contributed by atoms with van der Waals surface area (Å²) in [4.78, 5) is 25.8. The maximum absolute atomic E-state index is 13.0. The molecule has 47 heavy (non-hydrogen) atoms. The number of anilines is 1. The van der Waals surface area contributed by atoms with E-state index in [9.17, 15) is 22.8 Å². The lowest BCUT2D eigenvalue weighted by Crippen LogP contribution is -2.49. The molecule has 0 atom stereocenters. The quantitative estimate of drug-likeness (QED) is 0.0777. The van der Waals surface area contributed by atoms with E-state index in [1.54, 1.807) is 42.5 Å². The topological polar surface area (TPSA) is 84.9 Å². The molecule has 258 valence electrons. The van der Waals surface area contributed by atoms with Crippen molar-refractivity contribution in [2.45, 2.75) is 72.0 Å². The molecule has 0 heterocycles. The van der Waals surface area contributed by atoms with E-state index in [2.05, 4.69) is 12.2 Å². The number of nitrogens with zero attached hydrogens (tertiary/aromatic N) is 1. The number of carbonyl (C=O) groups is 2. The number of alkyl halides is 3. The van der Waals surface area contributed by atoms with Gasteiger partial charge < -0.3 is 23.5 Å². The van der Waals surface area contributed by atoms with Crippen molar-refractivity contribution < 1.29 is 40.9 Å². The molecule has 0 spiro atoms. The highest BCUT2D eigenvalue weighted by Crippen LogP contribution is 2.29. The number of esters is 1. The van der Waals surface area contributed by atoms with E-state index in [0.717, 1.165) is 43.6 Å². The third kappa shape index (κ3) is 13.3. The van der Waals surface area contributed by atoms with Crippen molar-refractivity contribution in [3.05, 3.63) is 95.1 Å². The van der Waals surface area contributed by atoms with Crippen LogP contribution in [0.1, 0.15) is 91.1 Å². The molecule has 0 aromatic heterocycles. The van der Waals surface area contributed by atoms with Crippen LogP contribution < -0.4 is 10.1 Å². The third-order valence-electron chi connectivity index (χ3n) is 8.21. The second-order valence-electron chi connectivity index (χ2n) is 11.3. The van der Waals surface area contributed by atoms with E-state index in [4.69, 9.17) is 13.7 Å². The van der Waals surface area contributed by atoms with Gasteiger partial charge in [0, 0.05) is 11.3 Å².